The maximum absolute atomic E-state index is 11.7. The molecule has 2 aliphatic heterocycles. The summed E-state index contributed by atoms with van der Waals surface area (Å²) >= 11 is 0. The number of hydrogen-bond acceptors (Lipinski definition) is 8. The molecule has 2 fully saturated rings. The topological polar surface area (TPSA) is 155 Å². The van der Waals surface area contributed by atoms with Crippen molar-refractivity contribution in [2.24, 2.45) is 5.73 Å². The van der Waals surface area contributed by atoms with E-state index in [9.17, 15) is 24.6 Å². The molecule has 11 nitrogen and oxygen atoms in total. The van der Waals surface area contributed by atoms with Gasteiger partial charge in [0.1, 0.15) is 11.2 Å². The highest BCUT2D eigenvalue weighted by Crippen LogP contribution is 2.16. The molecule has 31 heavy (non-hydrogen) atoms. The lowest BCUT2D eigenvalue weighted by atomic mass is 10.2. The number of amides is 3. The molecule has 0 aromatic heterocycles. The van der Waals surface area contributed by atoms with Gasteiger partial charge in [0.2, 0.25) is 5.91 Å². The normalized spacial score (nSPS) is 26.1. The Morgan fingerprint density at radius 1 is 0.839 bits per heavy atom. The van der Waals surface area contributed by atoms with Gasteiger partial charge in [0.05, 0.1) is 37.4 Å². The van der Waals surface area contributed by atoms with E-state index in [1.54, 1.807) is 41.5 Å². The minimum atomic E-state index is -0.744. The van der Waals surface area contributed by atoms with E-state index in [-0.39, 0.29) is 31.6 Å². The summed E-state index contributed by atoms with van der Waals surface area (Å²) in [6.07, 6.45) is -2.26. The van der Waals surface area contributed by atoms with E-state index in [2.05, 4.69) is 5.32 Å². The first kappa shape index (κ1) is 26.9. The van der Waals surface area contributed by atoms with Gasteiger partial charge in [-0.05, 0) is 41.5 Å². The van der Waals surface area contributed by atoms with Crippen LogP contribution in [0, 0.1) is 0 Å². The number of rotatable bonds is 1. The molecular weight excluding hydrogens is 408 g/mol. The summed E-state index contributed by atoms with van der Waals surface area (Å²) in [6, 6.07) is -0.775. The van der Waals surface area contributed by atoms with E-state index in [1.165, 1.54) is 16.7 Å². The number of nitrogens with zero attached hydrogens (tertiary/aromatic N) is 2. The van der Waals surface area contributed by atoms with Crippen molar-refractivity contribution < 1.29 is 34.1 Å². The lowest BCUT2D eigenvalue weighted by Crippen LogP contribution is -2.42. The van der Waals surface area contributed by atoms with Crippen molar-refractivity contribution >= 4 is 18.1 Å². The zero-order valence-electron chi connectivity index (χ0n) is 19.5. The quantitative estimate of drug-likeness (QED) is 0.440. The molecule has 0 aliphatic carbocycles. The van der Waals surface area contributed by atoms with Gasteiger partial charge in [-0.1, -0.05) is 0 Å². The Hall–Kier alpha value is -2.11. The molecule has 0 saturated carbocycles. The Kier molecular flexibility index (Phi) is 9.09. The van der Waals surface area contributed by atoms with Crippen LogP contribution in [0.4, 0.5) is 9.59 Å². The SMILES string of the molecule is CC(=O)NC1CN(C(=O)OC(C)(C)C)CC1O.CC(C)(C)OC(=O)N1CC(N)C(O)C1. The number of nitrogens with one attached hydrogen (secondary N) is 1. The van der Waals surface area contributed by atoms with Crippen molar-refractivity contribution in [1.82, 2.24) is 15.1 Å². The Labute approximate surface area is 183 Å². The molecule has 4 unspecified atom stereocenters. The van der Waals surface area contributed by atoms with Crippen LogP contribution in [0.5, 0.6) is 0 Å². The van der Waals surface area contributed by atoms with Crippen molar-refractivity contribution in [3.8, 4) is 0 Å². The number of carbonyl (C=O) groups excluding carboxylic acids is 3. The molecule has 0 radical (unpaired) electrons. The average Bonchev–Trinajstić information content (AvgIpc) is 3.08. The standard InChI is InChI=1S/C11H20N2O4.C9H18N2O3/c1-7(14)12-8-5-13(6-9(8)15)10(16)17-11(2,3)4;1-9(2,3)14-8(13)11-4-6(10)7(12)5-11/h8-9,15H,5-6H2,1-4H3,(H,12,14);6-7,12H,4-5,10H2,1-3H3. The number of β-amino-alcohol motifs (C(OH)–C–C–N with tert-alkyl or cyclic N) is 2. The van der Waals surface area contributed by atoms with Crippen LogP contribution in [0.15, 0.2) is 0 Å². The molecule has 0 aromatic carbocycles. The van der Waals surface area contributed by atoms with Crippen molar-refractivity contribution in [2.45, 2.75) is 84.0 Å². The molecule has 0 aromatic rings. The van der Waals surface area contributed by atoms with Crippen molar-refractivity contribution in [3.63, 3.8) is 0 Å². The third kappa shape index (κ3) is 9.70. The van der Waals surface area contributed by atoms with Gasteiger partial charge in [0.25, 0.3) is 0 Å². The summed E-state index contributed by atoms with van der Waals surface area (Å²) in [5.41, 5.74) is 4.50. The first-order chi connectivity index (χ1) is 14.0. The first-order valence-electron chi connectivity index (χ1n) is 10.3. The number of carbonyl (C=O) groups is 3. The summed E-state index contributed by atoms with van der Waals surface area (Å²) in [4.78, 5) is 36.9. The zero-order valence-corrected chi connectivity index (χ0v) is 19.5. The van der Waals surface area contributed by atoms with Gasteiger partial charge in [-0.3, -0.25) is 4.79 Å². The average molecular weight is 447 g/mol. The largest absolute Gasteiger partial charge is 0.444 e. The fourth-order valence-electron chi connectivity index (χ4n) is 2.95. The maximum Gasteiger partial charge on any atom is 0.410 e. The molecule has 0 bridgehead atoms. The van der Waals surface area contributed by atoms with Crippen LogP contribution in [0.25, 0.3) is 0 Å². The van der Waals surface area contributed by atoms with Gasteiger partial charge >= 0.3 is 12.2 Å². The number of ether oxygens (including phenoxy) is 2. The van der Waals surface area contributed by atoms with Crippen LogP contribution in [-0.2, 0) is 14.3 Å². The van der Waals surface area contributed by atoms with E-state index in [4.69, 9.17) is 15.2 Å². The number of aliphatic hydroxyl groups is 2. The van der Waals surface area contributed by atoms with Crippen LogP contribution in [0.1, 0.15) is 48.5 Å². The Bertz CT molecular complexity index is 634. The molecule has 0 spiro atoms. The van der Waals surface area contributed by atoms with Crippen molar-refractivity contribution in [1.29, 1.82) is 0 Å². The molecular formula is C20H38N4O7. The van der Waals surface area contributed by atoms with Gasteiger partial charge in [0, 0.05) is 20.0 Å². The Morgan fingerprint density at radius 2 is 1.26 bits per heavy atom. The van der Waals surface area contributed by atoms with Gasteiger partial charge < -0.3 is 40.5 Å². The Morgan fingerprint density at radius 3 is 1.61 bits per heavy atom. The molecule has 11 heteroatoms. The molecule has 2 saturated heterocycles. The summed E-state index contributed by atoms with van der Waals surface area (Å²) in [5, 5.41) is 21.6. The second-order valence-electron chi connectivity index (χ2n) is 9.88. The van der Waals surface area contributed by atoms with Crippen LogP contribution in [0.2, 0.25) is 0 Å². The van der Waals surface area contributed by atoms with E-state index >= 15 is 0 Å². The van der Waals surface area contributed by atoms with Gasteiger partial charge in [-0.15, -0.1) is 0 Å². The monoisotopic (exact) mass is 446 g/mol. The van der Waals surface area contributed by atoms with Crippen molar-refractivity contribution in [2.75, 3.05) is 26.2 Å². The molecule has 2 aliphatic rings. The number of hydrogen-bond donors (Lipinski definition) is 4. The van der Waals surface area contributed by atoms with Gasteiger partial charge in [0.15, 0.2) is 0 Å². The van der Waals surface area contributed by atoms with E-state index in [0.29, 0.717) is 6.54 Å². The lowest BCUT2D eigenvalue weighted by Gasteiger charge is -2.24. The summed E-state index contributed by atoms with van der Waals surface area (Å²) in [7, 11) is 0. The molecule has 2 rings (SSSR count). The van der Waals surface area contributed by atoms with Crippen LogP contribution in [0.3, 0.4) is 0 Å². The van der Waals surface area contributed by atoms with Crippen LogP contribution in [-0.4, -0.2) is 99.8 Å². The fourth-order valence-corrected chi connectivity index (χ4v) is 2.95. The third-order valence-electron chi connectivity index (χ3n) is 4.31. The lowest BCUT2D eigenvalue weighted by molar-refractivity contribution is -0.120. The molecule has 5 N–H and O–H groups in total. The highest BCUT2D eigenvalue weighted by molar-refractivity contribution is 5.74. The van der Waals surface area contributed by atoms with Crippen molar-refractivity contribution in [3.05, 3.63) is 0 Å². The summed E-state index contributed by atoms with van der Waals surface area (Å²) < 4.78 is 10.3. The summed E-state index contributed by atoms with van der Waals surface area (Å²) in [5.74, 6) is -0.222. The number of likely N-dealkylation sites (tertiary alicyclic amines) is 2. The smallest absolute Gasteiger partial charge is 0.410 e. The minimum Gasteiger partial charge on any atom is -0.444 e. The van der Waals surface area contributed by atoms with Crippen LogP contribution < -0.4 is 11.1 Å². The van der Waals surface area contributed by atoms with Crippen LogP contribution >= 0.6 is 0 Å². The first-order valence-corrected chi connectivity index (χ1v) is 10.3. The third-order valence-corrected chi connectivity index (χ3v) is 4.31. The highest BCUT2D eigenvalue weighted by atomic mass is 16.6. The van der Waals surface area contributed by atoms with E-state index in [0.717, 1.165) is 0 Å². The molecule has 3 amide bonds. The number of nitrogens with two attached hydrogens (primary N) is 1. The molecule has 180 valence electrons. The molecule has 4 atom stereocenters. The van der Waals surface area contributed by atoms with E-state index in [1.807, 2.05) is 0 Å². The second kappa shape index (κ2) is 10.5. The predicted octanol–water partition coefficient (Wildman–Crippen LogP) is 0.0280. The zero-order chi connectivity index (χ0) is 24.1. The van der Waals surface area contributed by atoms with Gasteiger partial charge in [-0.25, -0.2) is 9.59 Å². The number of aliphatic hydroxyl groups excluding tert-OH is 2. The predicted molar refractivity (Wildman–Crippen MR) is 113 cm³/mol. The minimum absolute atomic E-state index is 0.180. The molecule has 2 heterocycles. The Balaban J connectivity index is 0.000000316. The summed E-state index contributed by atoms with van der Waals surface area (Å²) in [6.45, 7) is 13.2. The fraction of sp³-hybridized carbons (Fsp3) is 0.850. The maximum atomic E-state index is 11.7. The van der Waals surface area contributed by atoms with Gasteiger partial charge in [-0.2, -0.15) is 0 Å². The highest BCUT2D eigenvalue weighted by Gasteiger charge is 2.36. The van der Waals surface area contributed by atoms with E-state index < -0.39 is 41.6 Å². The second-order valence-corrected chi connectivity index (χ2v) is 9.88.